The predicted octanol–water partition coefficient (Wildman–Crippen LogP) is 2.91. The van der Waals surface area contributed by atoms with Crippen LogP contribution in [0.4, 0.5) is 0 Å². The van der Waals surface area contributed by atoms with Gasteiger partial charge in [-0.3, -0.25) is 9.67 Å². The summed E-state index contributed by atoms with van der Waals surface area (Å²) in [6, 6.07) is 6.04. The quantitative estimate of drug-likeness (QED) is 0.788. The third kappa shape index (κ3) is 2.48. The van der Waals surface area contributed by atoms with Crippen LogP contribution in [0.1, 0.15) is 19.5 Å². The number of aromatic nitrogens is 3. The number of hydrogen-bond acceptors (Lipinski definition) is 2. The molecule has 0 saturated heterocycles. The zero-order chi connectivity index (χ0) is 11.5. The van der Waals surface area contributed by atoms with E-state index >= 15 is 0 Å². The molecule has 0 atom stereocenters. The Morgan fingerprint density at radius 2 is 2.12 bits per heavy atom. The summed E-state index contributed by atoms with van der Waals surface area (Å²) in [5.74, 6) is 0.609. The lowest BCUT2D eigenvalue weighted by atomic mass is 10.2. The van der Waals surface area contributed by atoms with E-state index in [1.54, 1.807) is 0 Å². The third-order valence-corrected chi connectivity index (χ3v) is 2.37. The Morgan fingerprint density at radius 1 is 1.31 bits per heavy atom. The molecule has 0 radical (unpaired) electrons. The zero-order valence-electron chi connectivity index (χ0n) is 10.0. The van der Waals surface area contributed by atoms with Crippen molar-refractivity contribution in [2.45, 2.75) is 27.3 Å². The molecule has 0 aliphatic carbocycles. The van der Waals surface area contributed by atoms with Crippen LogP contribution >= 0.6 is 0 Å². The summed E-state index contributed by atoms with van der Waals surface area (Å²) in [5, 5.41) is 4.34. The molecular weight excluding hydrogens is 198 g/mol. The second-order valence-electron chi connectivity index (χ2n) is 4.51. The first-order valence-corrected chi connectivity index (χ1v) is 5.61. The standard InChI is InChI=1S/C13H17N3/c1-10(2)8-16-9-12(7-14-16)13-6-4-5-11(3)15-13/h4-7,9-10H,8H2,1-3H3. The van der Waals surface area contributed by atoms with E-state index in [1.807, 2.05) is 36.0 Å². The lowest BCUT2D eigenvalue weighted by molar-refractivity contribution is 0.483. The van der Waals surface area contributed by atoms with Crippen molar-refractivity contribution in [3.63, 3.8) is 0 Å². The molecule has 2 aromatic rings. The van der Waals surface area contributed by atoms with Gasteiger partial charge in [-0.1, -0.05) is 19.9 Å². The summed E-state index contributed by atoms with van der Waals surface area (Å²) in [6.07, 6.45) is 3.94. The number of rotatable bonds is 3. The average Bonchev–Trinajstić information content (AvgIpc) is 2.65. The normalized spacial score (nSPS) is 11.0. The summed E-state index contributed by atoms with van der Waals surface area (Å²) >= 11 is 0. The van der Waals surface area contributed by atoms with Gasteiger partial charge in [0.1, 0.15) is 0 Å². The average molecular weight is 215 g/mol. The minimum Gasteiger partial charge on any atom is -0.272 e. The molecule has 0 saturated carbocycles. The van der Waals surface area contributed by atoms with Gasteiger partial charge >= 0.3 is 0 Å². The Balaban J connectivity index is 2.24. The van der Waals surface area contributed by atoms with Gasteiger partial charge in [0.15, 0.2) is 0 Å². The van der Waals surface area contributed by atoms with Gasteiger partial charge in [-0.25, -0.2) is 0 Å². The maximum absolute atomic E-state index is 4.48. The van der Waals surface area contributed by atoms with Crippen molar-refractivity contribution >= 4 is 0 Å². The van der Waals surface area contributed by atoms with Crippen LogP contribution in [0.2, 0.25) is 0 Å². The molecule has 2 aromatic heterocycles. The maximum atomic E-state index is 4.48. The topological polar surface area (TPSA) is 30.7 Å². The van der Waals surface area contributed by atoms with Gasteiger partial charge in [-0.05, 0) is 25.0 Å². The molecule has 0 aliphatic rings. The third-order valence-electron chi connectivity index (χ3n) is 2.37. The van der Waals surface area contributed by atoms with Crippen LogP contribution in [0.25, 0.3) is 11.3 Å². The summed E-state index contributed by atoms with van der Waals surface area (Å²) in [5.41, 5.74) is 3.12. The summed E-state index contributed by atoms with van der Waals surface area (Å²) < 4.78 is 1.98. The molecule has 84 valence electrons. The lowest BCUT2D eigenvalue weighted by Crippen LogP contribution is -2.04. The van der Waals surface area contributed by atoms with Crippen molar-refractivity contribution in [1.29, 1.82) is 0 Å². The van der Waals surface area contributed by atoms with Crippen molar-refractivity contribution in [1.82, 2.24) is 14.8 Å². The fraction of sp³-hybridized carbons (Fsp3) is 0.385. The van der Waals surface area contributed by atoms with Crippen molar-refractivity contribution in [3.05, 3.63) is 36.3 Å². The van der Waals surface area contributed by atoms with E-state index < -0.39 is 0 Å². The van der Waals surface area contributed by atoms with Gasteiger partial charge in [0.2, 0.25) is 0 Å². The Kier molecular flexibility index (Phi) is 3.04. The largest absolute Gasteiger partial charge is 0.272 e. The fourth-order valence-electron chi connectivity index (χ4n) is 1.67. The highest BCUT2D eigenvalue weighted by molar-refractivity contribution is 5.56. The molecular formula is C13H17N3. The van der Waals surface area contributed by atoms with Crippen molar-refractivity contribution in [2.75, 3.05) is 0 Å². The van der Waals surface area contributed by atoms with E-state index in [1.165, 1.54) is 0 Å². The smallest absolute Gasteiger partial charge is 0.0736 e. The predicted molar refractivity (Wildman–Crippen MR) is 65.0 cm³/mol. The molecule has 3 nitrogen and oxygen atoms in total. The number of pyridine rings is 1. The summed E-state index contributed by atoms with van der Waals surface area (Å²) in [7, 11) is 0. The van der Waals surface area contributed by atoms with Crippen molar-refractivity contribution < 1.29 is 0 Å². The Labute approximate surface area is 96.1 Å². The van der Waals surface area contributed by atoms with Gasteiger partial charge in [0, 0.05) is 24.0 Å². The van der Waals surface area contributed by atoms with Crippen molar-refractivity contribution in [2.24, 2.45) is 5.92 Å². The minimum absolute atomic E-state index is 0.609. The van der Waals surface area contributed by atoms with Gasteiger partial charge in [0.05, 0.1) is 11.9 Å². The molecule has 2 heterocycles. The number of aryl methyl sites for hydroxylation is 1. The molecule has 0 bridgehead atoms. The van der Waals surface area contributed by atoms with Crippen LogP contribution in [0.3, 0.4) is 0 Å². The second kappa shape index (κ2) is 4.47. The van der Waals surface area contributed by atoms with E-state index in [0.717, 1.165) is 23.5 Å². The molecule has 0 aliphatic heterocycles. The number of hydrogen-bond donors (Lipinski definition) is 0. The zero-order valence-corrected chi connectivity index (χ0v) is 10.0. The molecule has 0 aromatic carbocycles. The van der Waals surface area contributed by atoms with Gasteiger partial charge in [0.25, 0.3) is 0 Å². The monoisotopic (exact) mass is 215 g/mol. The van der Waals surface area contributed by atoms with Crippen LogP contribution in [-0.4, -0.2) is 14.8 Å². The Bertz CT molecular complexity index is 472. The van der Waals surface area contributed by atoms with E-state index in [4.69, 9.17) is 0 Å². The van der Waals surface area contributed by atoms with E-state index in [0.29, 0.717) is 5.92 Å². The van der Waals surface area contributed by atoms with Gasteiger partial charge in [-0.2, -0.15) is 5.10 Å². The molecule has 0 fully saturated rings. The van der Waals surface area contributed by atoms with E-state index in [2.05, 4.69) is 30.1 Å². The van der Waals surface area contributed by atoms with E-state index in [-0.39, 0.29) is 0 Å². The van der Waals surface area contributed by atoms with Crippen LogP contribution in [0, 0.1) is 12.8 Å². The molecule has 0 amide bonds. The van der Waals surface area contributed by atoms with Crippen molar-refractivity contribution in [3.8, 4) is 11.3 Å². The SMILES string of the molecule is Cc1cccc(-c2cnn(CC(C)C)c2)n1. The molecule has 0 unspecified atom stereocenters. The summed E-state index contributed by atoms with van der Waals surface area (Å²) in [4.78, 5) is 4.48. The van der Waals surface area contributed by atoms with Crippen LogP contribution in [0.5, 0.6) is 0 Å². The molecule has 0 N–H and O–H groups in total. The number of nitrogens with zero attached hydrogens (tertiary/aromatic N) is 3. The minimum atomic E-state index is 0.609. The maximum Gasteiger partial charge on any atom is 0.0736 e. The molecule has 16 heavy (non-hydrogen) atoms. The highest BCUT2D eigenvalue weighted by atomic mass is 15.3. The highest BCUT2D eigenvalue weighted by Gasteiger charge is 2.04. The molecule has 2 rings (SSSR count). The van der Waals surface area contributed by atoms with Crippen LogP contribution in [0.15, 0.2) is 30.6 Å². The summed E-state index contributed by atoms with van der Waals surface area (Å²) in [6.45, 7) is 7.33. The fourth-order valence-corrected chi connectivity index (χ4v) is 1.67. The highest BCUT2D eigenvalue weighted by Crippen LogP contribution is 2.16. The molecule has 0 spiro atoms. The second-order valence-corrected chi connectivity index (χ2v) is 4.51. The molecule has 3 heteroatoms. The first kappa shape index (κ1) is 10.9. The first-order chi connectivity index (χ1) is 7.65. The first-order valence-electron chi connectivity index (χ1n) is 5.61. The van der Waals surface area contributed by atoms with Gasteiger partial charge in [-0.15, -0.1) is 0 Å². The Morgan fingerprint density at radius 3 is 2.81 bits per heavy atom. The van der Waals surface area contributed by atoms with Crippen LogP contribution in [-0.2, 0) is 6.54 Å². The van der Waals surface area contributed by atoms with Gasteiger partial charge < -0.3 is 0 Å². The lowest BCUT2D eigenvalue weighted by Gasteiger charge is -2.03. The van der Waals surface area contributed by atoms with E-state index in [9.17, 15) is 0 Å². The van der Waals surface area contributed by atoms with Crippen LogP contribution < -0.4 is 0 Å². The Hall–Kier alpha value is -1.64.